The third kappa shape index (κ3) is 4.41. The molecule has 0 bridgehead atoms. The maximum atomic E-state index is 13.9. The average Bonchev–Trinajstić information content (AvgIpc) is 2.83. The van der Waals surface area contributed by atoms with Crippen LogP contribution in [-0.4, -0.2) is 18.3 Å². The Bertz CT molecular complexity index is 1480. The zero-order chi connectivity index (χ0) is 25.3. The van der Waals surface area contributed by atoms with E-state index in [9.17, 15) is 28.6 Å². The van der Waals surface area contributed by atoms with Gasteiger partial charge in [-0.05, 0) is 61.4 Å². The number of rotatable bonds is 6. The molecule has 0 unspecified atom stereocenters. The van der Waals surface area contributed by atoms with Crippen LogP contribution >= 0.6 is 0 Å². The molecule has 0 radical (unpaired) electrons. The quantitative estimate of drug-likeness (QED) is 0.232. The van der Waals surface area contributed by atoms with Crippen molar-refractivity contribution in [3.63, 3.8) is 0 Å². The summed E-state index contributed by atoms with van der Waals surface area (Å²) in [6.45, 7) is 3.20. The van der Waals surface area contributed by atoms with Gasteiger partial charge in [0, 0.05) is 34.4 Å². The van der Waals surface area contributed by atoms with Crippen LogP contribution in [-0.2, 0) is 9.84 Å². The second-order valence-corrected chi connectivity index (χ2v) is 9.90. The fraction of sp³-hybridized carbons (Fsp3) is 0.0769. The van der Waals surface area contributed by atoms with Gasteiger partial charge in [0.25, 0.3) is 11.4 Å². The van der Waals surface area contributed by atoms with Gasteiger partial charge in [-0.15, -0.1) is 0 Å². The molecule has 0 aliphatic carbocycles. The molecule has 4 rings (SSSR count). The van der Waals surface area contributed by atoms with E-state index in [2.05, 4.69) is 0 Å². The normalized spacial score (nSPS) is 11.3. The summed E-state index contributed by atoms with van der Waals surface area (Å²) in [5, 5.41) is 22.4. The average molecular weight is 489 g/mol. The molecular weight excluding hydrogens is 468 g/mol. The van der Waals surface area contributed by atoms with Crippen molar-refractivity contribution in [3.8, 4) is 22.3 Å². The minimum absolute atomic E-state index is 0.0482. The van der Waals surface area contributed by atoms with Crippen LogP contribution in [0.25, 0.3) is 22.3 Å². The second-order valence-electron chi connectivity index (χ2n) is 8.01. The number of hydrogen-bond donors (Lipinski definition) is 0. The molecule has 0 spiro atoms. The third-order valence-corrected chi connectivity index (χ3v) is 7.63. The van der Waals surface area contributed by atoms with Crippen LogP contribution in [0.1, 0.15) is 11.1 Å². The minimum Gasteiger partial charge on any atom is -0.258 e. The van der Waals surface area contributed by atoms with Crippen molar-refractivity contribution in [2.75, 3.05) is 0 Å². The molecule has 4 aromatic rings. The molecule has 0 saturated carbocycles. The van der Waals surface area contributed by atoms with Crippen molar-refractivity contribution in [2.45, 2.75) is 23.6 Å². The Morgan fingerprint density at radius 2 is 0.971 bits per heavy atom. The summed E-state index contributed by atoms with van der Waals surface area (Å²) in [7, 11) is -4.04. The van der Waals surface area contributed by atoms with E-state index in [1.165, 1.54) is 36.4 Å². The summed E-state index contributed by atoms with van der Waals surface area (Å²) in [6.07, 6.45) is 0. The molecule has 0 aliphatic heterocycles. The highest BCUT2D eigenvalue weighted by Gasteiger charge is 2.26. The van der Waals surface area contributed by atoms with Crippen LogP contribution in [0.15, 0.2) is 94.7 Å². The van der Waals surface area contributed by atoms with E-state index >= 15 is 0 Å². The Morgan fingerprint density at radius 1 is 0.600 bits per heavy atom. The lowest BCUT2D eigenvalue weighted by molar-refractivity contribution is -0.385. The Kier molecular flexibility index (Phi) is 6.19. The van der Waals surface area contributed by atoms with Crippen LogP contribution in [0, 0.1) is 34.1 Å². The first-order valence-electron chi connectivity index (χ1n) is 10.5. The van der Waals surface area contributed by atoms with Gasteiger partial charge in [-0.3, -0.25) is 20.2 Å². The van der Waals surface area contributed by atoms with Crippen molar-refractivity contribution in [1.82, 2.24) is 0 Å². The molecular formula is C26H20N2O6S. The second kappa shape index (κ2) is 9.11. The van der Waals surface area contributed by atoms with Gasteiger partial charge in [0.2, 0.25) is 9.84 Å². The highest BCUT2D eigenvalue weighted by molar-refractivity contribution is 7.91. The molecule has 0 aliphatic rings. The topological polar surface area (TPSA) is 120 Å². The van der Waals surface area contributed by atoms with Crippen molar-refractivity contribution < 1.29 is 18.3 Å². The summed E-state index contributed by atoms with van der Waals surface area (Å²) < 4.78 is 27.9. The Morgan fingerprint density at radius 3 is 1.31 bits per heavy atom. The Hall–Kier alpha value is -4.37. The molecule has 0 atom stereocenters. The van der Waals surface area contributed by atoms with Crippen LogP contribution in [0.4, 0.5) is 11.4 Å². The van der Waals surface area contributed by atoms with Gasteiger partial charge in [-0.2, -0.15) is 0 Å². The Labute approximate surface area is 201 Å². The number of hydrogen-bond acceptors (Lipinski definition) is 6. The fourth-order valence-corrected chi connectivity index (χ4v) is 5.76. The van der Waals surface area contributed by atoms with Gasteiger partial charge in [0.15, 0.2) is 0 Å². The van der Waals surface area contributed by atoms with Gasteiger partial charge in [0.05, 0.1) is 19.6 Å². The smallest absolute Gasteiger partial charge is 0.258 e. The SMILES string of the molecule is Cc1cc(-c2ccccc2S(=O)(=O)c2ccccc2-c2ccc([N+](=O)[O-])c(C)c2)ccc1[N+](=O)[O-]. The van der Waals surface area contributed by atoms with E-state index in [1.807, 2.05) is 0 Å². The number of nitro benzene ring substituents is 2. The van der Waals surface area contributed by atoms with E-state index in [1.54, 1.807) is 62.4 Å². The monoisotopic (exact) mass is 488 g/mol. The maximum Gasteiger partial charge on any atom is 0.272 e. The Balaban J connectivity index is 1.88. The first-order chi connectivity index (χ1) is 16.6. The number of nitro groups is 2. The molecule has 8 nitrogen and oxygen atoms in total. The van der Waals surface area contributed by atoms with Gasteiger partial charge in [0.1, 0.15) is 0 Å². The standard InChI is InChI=1S/C26H20N2O6S/c1-17-15-19(11-13-23(17)27(29)30)21-7-3-5-9-25(21)35(33,34)26-10-6-4-8-22(26)20-12-14-24(28(31)32)18(2)16-20/h3-16H,1-2H3. The van der Waals surface area contributed by atoms with Crippen LogP contribution in [0.2, 0.25) is 0 Å². The van der Waals surface area contributed by atoms with E-state index in [0.29, 0.717) is 33.4 Å². The molecule has 9 heteroatoms. The van der Waals surface area contributed by atoms with Gasteiger partial charge in [-0.1, -0.05) is 36.4 Å². The summed E-state index contributed by atoms with van der Waals surface area (Å²) >= 11 is 0. The third-order valence-electron chi connectivity index (χ3n) is 5.76. The highest BCUT2D eigenvalue weighted by Crippen LogP contribution is 2.37. The first-order valence-corrected chi connectivity index (χ1v) is 12.0. The van der Waals surface area contributed by atoms with Crippen molar-refractivity contribution in [1.29, 1.82) is 0 Å². The van der Waals surface area contributed by atoms with Gasteiger partial charge in [-0.25, -0.2) is 8.42 Å². The highest BCUT2D eigenvalue weighted by atomic mass is 32.2. The lowest BCUT2D eigenvalue weighted by atomic mass is 10.0. The molecule has 176 valence electrons. The first kappa shape index (κ1) is 23.8. The molecule has 0 aromatic heterocycles. The molecule has 0 heterocycles. The van der Waals surface area contributed by atoms with Crippen LogP contribution in [0.5, 0.6) is 0 Å². The summed E-state index contributed by atoms with van der Waals surface area (Å²) in [5.74, 6) is 0. The van der Waals surface area contributed by atoms with Gasteiger partial charge >= 0.3 is 0 Å². The fourth-order valence-electron chi connectivity index (χ4n) is 4.05. The van der Waals surface area contributed by atoms with Crippen molar-refractivity contribution in [2.24, 2.45) is 0 Å². The van der Waals surface area contributed by atoms with E-state index in [-0.39, 0.29) is 21.2 Å². The molecule has 0 fully saturated rings. The van der Waals surface area contributed by atoms with Crippen molar-refractivity contribution >= 4 is 21.2 Å². The molecule has 0 saturated heterocycles. The predicted octanol–water partition coefficient (Wildman–Crippen LogP) is 6.29. The summed E-state index contributed by atoms with van der Waals surface area (Å²) in [6, 6.07) is 21.9. The largest absolute Gasteiger partial charge is 0.272 e. The lowest BCUT2D eigenvalue weighted by Gasteiger charge is -2.15. The van der Waals surface area contributed by atoms with E-state index in [4.69, 9.17) is 0 Å². The zero-order valence-electron chi connectivity index (χ0n) is 18.8. The molecule has 4 aromatic carbocycles. The lowest BCUT2D eigenvalue weighted by Crippen LogP contribution is -2.06. The number of benzene rings is 4. The molecule has 35 heavy (non-hydrogen) atoms. The minimum atomic E-state index is -4.04. The van der Waals surface area contributed by atoms with Crippen LogP contribution in [0.3, 0.4) is 0 Å². The number of aryl methyl sites for hydroxylation is 2. The van der Waals surface area contributed by atoms with Gasteiger partial charge < -0.3 is 0 Å². The predicted molar refractivity (Wildman–Crippen MR) is 132 cm³/mol. The zero-order valence-corrected chi connectivity index (χ0v) is 19.7. The van der Waals surface area contributed by atoms with Crippen LogP contribution < -0.4 is 0 Å². The summed E-state index contributed by atoms with van der Waals surface area (Å²) in [5.41, 5.74) is 2.65. The van der Waals surface area contributed by atoms with E-state index in [0.717, 1.165) is 0 Å². The molecule has 0 amide bonds. The van der Waals surface area contributed by atoms with E-state index < -0.39 is 19.7 Å². The maximum absolute atomic E-state index is 13.9. The summed E-state index contributed by atoms with van der Waals surface area (Å²) in [4.78, 5) is 21.6. The van der Waals surface area contributed by atoms with Crippen molar-refractivity contribution in [3.05, 3.63) is 116 Å². The number of sulfone groups is 1. The number of nitrogens with zero attached hydrogens (tertiary/aromatic N) is 2. The molecule has 0 N–H and O–H groups in total.